The standard InChI is InChI=1S/C17H24FN3O2/c1-12(13-6-8-19-9-7-13)10-16(22)20-11-17(23)21-15-4-2-14(18)3-5-15/h2-5,12-13,19H,6-11H2,1H3,(H,20,22)(H,21,23). The normalized spacial score (nSPS) is 16.6. The Morgan fingerprint density at radius 1 is 1.22 bits per heavy atom. The summed E-state index contributed by atoms with van der Waals surface area (Å²) in [5.41, 5.74) is 0.508. The van der Waals surface area contributed by atoms with Gasteiger partial charge in [0.2, 0.25) is 11.8 Å². The van der Waals surface area contributed by atoms with Gasteiger partial charge in [-0.25, -0.2) is 4.39 Å². The highest BCUT2D eigenvalue weighted by Gasteiger charge is 2.22. The van der Waals surface area contributed by atoms with Gasteiger partial charge in [-0.05, 0) is 62.0 Å². The highest BCUT2D eigenvalue weighted by Crippen LogP contribution is 2.24. The summed E-state index contributed by atoms with van der Waals surface area (Å²) in [6.07, 6.45) is 2.63. The summed E-state index contributed by atoms with van der Waals surface area (Å²) in [5, 5.41) is 8.57. The zero-order valence-corrected chi connectivity index (χ0v) is 13.4. The van der Waals surface area contributed by atoms with Crippen molar-refractivity contribution >= 4 is 17.5 Å². The Hall–Kier alpha value is -1.95. The van der Waals surface area contributed by atoms with Crippen LogP contribution in [0.3, 0.4) is 0 Å². The molecule has 2 rings (SSSR count). The summed E-state index contributed by atoms with van der Waals surface area (Å²) in [4.78, 5) is 23.7. The number of nitrogens with one attached hydrogen (secondary N) is 3. The number of carbonyl (C=O) groups excluding carboxylic acids is 2. The van der Waals surface area contributed by atoms with E-state index < -0.39 is 0 Å². The van der Waals surface area contributed by atoms with Gasteiger partial charge in [-0.15, -0.1) is 0 Å². The second-order valence-electron chi connectivity index (χ2n) is 6.10. The Balaban J connectivity index is 1.68. The van der Waals surface area contributed by atoms with Crippen molar-refractivity contribution in [1.82, 2.24) is 10.6 Å². The molecule has 0 saturated carbocycles. The lowest BCUT2D eigenvalue weighted by molar-refractivity contribution is -0.125. The molecule has 126 valence electrons. The molecule has 0 bridgehead atoms. The summed E-state index contributed by atoms with van der Waals surface area (Å²) >= 11 is 0. The zero-order chi connectivity index (χ0) is 16.7. The number of amides is 2. The molecule has 1 heterocycles. The van der Waals surface area contributed by atoms with E-state index in [1.54, 1.807) is 0 Å². The van der Waals surface area contributed by atoms with Gasteiger partial charge < -0.3 is 16.0 Å². The van der Waals surface area contributed by atoms with Crippen LogP contribution in [0, 0.1) is 17.7 Å². The molecule has 1 aliphatic heterocycles. The number of carbonyl (C=O) groups is 2. The van der Waals surface area contributed by atoms with Crippen LogP contribution in [0.4, 0.5) is 10.1 Å². The van der Waals surface area contributed by atoms with E-state index in [0.717, 1.165) is 25.9 Å². The van der Waals surface area contributed by atoms with Gasteiger partial charge in [0.25, 0.3) is 0 Å². The van der Waals surface area contributed by atoms with E-state index in [0.29, 0.717) is 23.9 Å². The lowest BCUT2D eigenvalue weighted by Crippen LogP contribution is -2.36. The molecular weight excluding hydrogens is 297 g/mol. The molecule has 1 unspecified atom stereocenters. The molecule has 0 radical (unpaired) electrons. The lowest BCUT2D eigenvalue weighted by Gasteiger charge is -2.27. The Morgan fingerprint density at radius 3 is 2.52 bits per heavy atom. The van der Waals surface area contributed by atoms with Gasteiger partial charge in [-0.1, -0.05) is 6.92 Å². The fourth-order valence-corrected chi connectivity index (χ4v) is 2.86. The maximum absolute atomic E-state index is 12.8. The van der Waals surface area contributed by atoms with Crippen molar-refractivity contribution in [2.75, 3.05) is 25.0 Å². The van der Waals surface area contributed by atoms with Crippen molar-refractivity contribution in [1.29, 1.82) is 0 Å². The van der Waals surface area contributed by atoms with E-state index in [-0.39, 0.29) is 24.2 Å². The van der Waals surface area contributed by atoms with Gasteiger partial charge in [-0.2, -0.15) is 0 Å². The molecule has 2 amide bonds. The summed E-state index contributed by atoms with van der Waals surface area (Å²) in [6.45, 7) is 4.04. The minimum absolute atomic E-state index is 0.0743. The highest BCUT2D eigenvalue weighted by atomic mass is 19.1. The van der Waals surface area contributed by atoms with Crippen LogP contribution in [0.15, 0.2) is 24.3 Å². The second kappa shape index (κ2) is 8.62. The average molecular weight is 321 g/mol. The number of piperidine rings is 1. The van der Waals surface area contributed by atoms with Crippen molar-refractivity contribution < 1.29 is 14.0 Å². The third-order valence-corrected chi connectivity index (χ3v) is 4.27. The van der Waals surface area contributed by atoms with E-state index in [2.05, 4.69) is 22.9 Å². The topological polar surface area (TPSA) is 70.2 Å². The predicted octanol–water partition coefficient (Wildman–Crippen LogP) is 1.91. The molecule has 5 nitrogen and oxygen atoms in total. The molecule has 1 atom stereocenters. The van der Waals surface area contributed by atoms with Gasteiger partial charge in [0, 0.05) is 12.1 Å². The van der Waals surface area contributed by atoms with Crippen LogP contribution in [-0.4, -0.2) is 31.4 Å². The van der Waals surface area contributed by atoms with Gasteiger partial charge in [0.1, 0.15) is 5.82 Å². The number of rotatable bonds is 6. The van der Waals surface area contributed by atoms with Crippen molar-refractivity contribution in [2.24, 2.45) is 11.8 Å². The molecule has 0 aromatic heterocycles. The molecule has 1 aromatic carbocycles. The van der Waals surface area contributed by atoms with Crippen molar-refractivity contribution in [3.63, 3.8) is 0 Å². The molecule has 1 fully saturated rings. The molecule has 1 aromatic rings. The summed E-state index contributed by atoms with van der Waals surface area (Å²) < 4.78 is 12.8. The average Bonchev–Trinajstić information content (AvgIpc) is 2.56. The largest absolute Gasteiger partial charge is 0.347 e. The van der Waals surface area contributed by atoms with Crippen LogP contribution in [0.1, 0.15) is 26.2 Å². The van der Waals surface area contributed by atoms with Crippen molar-refractivity contribution in [2.45, 2.75) is 26.2 Å². The van der Waals surface area contributed by atoms with Crippen LogP contribution >= 0.6 is 0 Å². The smallest absolute Gasteiger partial charge is 0.243 e. The van der Waals surface area contributed by atoms with Crippen LogP contribution in [-0.2, 0) is 9.59 Å². The fraction of sp³-hybridized carbons (Fsp3) is 0.529. The van der Waals surface area contributed by atoms with E-state index in [1.165, 1.54) is 24.3 Å². The van der Waals surface area contributed by atoms with Crippen molar-refractivity contribution in [3.05, 3.63) is 30.1 Å². The third kappa shape index (κ3) is 5.98. The van der Waals surface area contributed by atoms with Gasteiger partial charge in [0.15, 0.2) is 0 Å². The molecule has 1 aliphatic rings. The number of halogens is 1. The van der Waals surface area contributed by atoms with E-state index in [9.17, 15) is 14.0 Å². The molecule has 0 aliphatic carbocycles. The first-order valence-corrected chi connectivity index (χ1v) is 8.07. The maximum atomic E-state index is 12.8. The maximum Gasteiger partial charge on any atom is 0.243 e. The number of benzene rings is 1. The Morgan fingerprint density at radius 2 is 1.87 bits per heavy atom. The van der Waals surface area contributed by atoms with E-state index in [1.807, 2.05) is 0 Å². The molecular formula is C17H24FN3O2. The first-order valence-electron chi connectivity index (χ1n) is 8.07. The van der Waals surface area contributed by atoms with Crippen LogP contribution in [0.5, 0.6) is 0 Å². The van der Waals surface area contributed by atoms with E-state index >= 15 is 0 Å². The summed E-state index contributed by atoms with van der Waals surface area (Å²) in [6, 6.07) is 5.51. The van der Waals surface area contributed by atoms with Gasteiger partial charge >= 0.3 is 0 Å². The summed E-state index contributed by atoms with van der Waals surface area (Å²) in [5.74, 6) is 0.0975. The quantitative estimate of drug-likeness (QED) is 0.749. The van der Waals surface area contributed by atoms with Gasteiger partial charge in [-0.3, -0.25) is 9.59 Å². The molecule has 0 spiro atoms. The van der Waals surface area contributed by atoms with Crippen LogP contribution < -0.4 is 16.0 Å². The fourth-order valence-electron chi connectivity index (χ4n) is 2.86. The molecule has 6 heteroatoms. The van der Waals surface area contributed by atoms with E-state index in [4.69, 9.17) is 0 Å². The second-order valence-corrected chi connectivity index (χ2v) is 6.10. The number of hydrogen-bond donors (Lipinski definition) is 3. The third-order valence-electron chi connectivity index (χ3n) is 4.27. The first kappa shape index (κ1) is 17.4. The predicted molar refractivity (Wildman–Crippen MR) is 87.4 cm³/mol. The zero-order valence-electron chi connectivity index (χ0n) is 13.4. The SMILES string of the molecule is CC(CC(=O)NCC(=O)Nc1ccc(F)cc1)C1CCNCC1. The molecule has 1 saturated heterocycles. The molecule has 23 heavy (non-hydrogen) atoms. The number of hydrogen-bond acceptors (Lipinski definition) is 3. The molecule has 3 N–H and O–H groups in total. The highest BCUT2D eigenvalue weighted by molar-refractivity contribution is 5.94. The monoisotopic (exact) mass is 321 g/mol. The Kier molecular flexibility index (Phi) is 6.52. The van der Waals surface area contributed by atoms with Crippen LogP contribution in [0.2, 0.25) is 0 Å². The summed E-state index contributed by atoms with van der Waals surface area (Å²) in [7, 11) is 0. The minimum Gasteiger partial charge on any atom is -0.347 e. The van der Waals surface area contributed by atoms with Crippen molar-refractivity contribution in [3.8, 4) is 0 Å². The van der Waals surface area contributed by atoms with Gasteiger partial charge in [0.05, 0.1) is 6.54 Å². The lowest BCUT2D eigenvalue weighted by atomic mass is 9.84. The Labute approximate surface area is 136 Å². The first-order chi connectivity index (χ1) is 11.0. The minimum atomic E-state index is -0.358. The number of anilines is 1. The van der Waals surface area contributed by atoms with Crippen LogP contribution in [0.25, 0.3) is 0 Å². The Bertz CT molecular complexity index is 527.